The van der Waals surface area contributed by atoms with Crippen molar-refractivity contribution in [3.8, 4) is 0 Å². The van der Waals surface area contributed by atoms with E-state index in [-0.39, 0.29) is 5.56 Å². The topological polar surface area (TPSA) is 58.4 Å². The van der Waals surface area contributed by atoms with Gasteiger partial charge in [-0.15, -0.1) is 0 Å². The van der Waals surface area contributed by atoms with E-state index in [1.807, 2.05) is 0 Å². The summed E-state index contributed by atoms with van der Waals surface area (Å²) < 4.78 is 31.6. The maximum Gasteiger partial charge on any atom is 0.297 e. The Bertz CT molecular complexity index is 890. The number of amides is 1. The number of rotatable bonds is 3. The maximum absolute atomic E-state index is 13.2. The predicted molar refractivity (Wildman–Crippen MR) is 82.6 cm³/mol. The highest BCUT2D eigenvalue weighted by Gasteiger charge is 2.12. The Morgan fingerprint density at radius 3 is 2.61 bits per heavy atom. The Balaban J connectivity index is 1.85. The second-order valence-electron chi connectivity index (χ2n) is 5.16. The highest BCUT2D eigenvalue weighted by atomic mass is 19.2. The van der Waals surface area contributed by atoms with Gasteiger partial charge >= 0.3 is 0 Å². The minimum absolute atomic E-state index is 0.0237. The summed E-state index contributed by atoms with van der Waals surface area (Å²) in [5.74, 6) is -2.62. The maximum atomic E-state index is 13.2. The van der Waals surface area contributed by atoms with Gasteiger partial charge in [0.05, 0.1) is 0 Å². The van der Waals surface area contributed by atoms with Crippen LogP contribution in [0.2, 0.25) is 0 Å². The minimum Gasteiger partial charge on any atom is -0.423 e. The average molecular weight is 317 g/mol. The first kappa shape index (κ1) is 15.0. The van der Waals surface area contributed by atoms with E-state index in [9.17, 15) is 13.6 Å². The Kier molecular flexibility index (Phi) is 3.69. The van der Waals surface area contributed by atoms with Crippen LogP contribution >= 0.6 is 0 Å². The monoisotopic (exact) mass is 317 g/mol. The standard InChI is InChI=1S/C16H13F2N3O2/c1-21(2)16-20-13-6-4-10(8-14(13)23-16)19-15(22)9-3-5-11(17)12(18)7-9/h3-8H,1-2H3,(H,19,22). The zero-order valence-corrected chi connectivity index (χ0v) is 12.4. The summed E-state index contributed by atoms with van der Waals surface area (Å²) in [6.07, 6.45) is 0. The van der Waals surface area contributed by atoms with Crippen LogP contribution in [-0.2, 0) is 0 Å². The molecule has 0 aliphatic heterocycles. The first-order valence-corrected chi connectivity index (χ1v) is 6.78. The lowest BCUT2D eigenvalue weighted by molar-refractivity contribution is 0.102. The van der Waals surface area contributed by atoms with Gasteiger partial charge in [0.25, 0.3) is 11.9 Å². The van der Waals surface area contributed by atoms with E-state index in [1.165, 1.54) is 6.07 Å². The molecule has 0 aliphatic carbocycles. The fourth-order valence-electron chi connectivity index (χ4n) is 2.02. The second kappa shape index (κ2) is 5.68. The van der Waals surface area contributed by atoms with E-state index < -0.39 is 17.5 Å². The van der Waals surface area contributed by atoms with Crippen LogP contribution in [0, 0.1) is 11.6 Å². The van der Waals surface area contributed by atoms with Crippen molar-refractivity contribution in [1.82, 2.24) is 4.98 Å². The molecule has 3 aromatic rings. The van der Waals surface area contributed by atoms with Crippen molar-refractivity contribution < 1.29 is 18.0 Å². The third kappa shape index (κ3) is 2.98. The van der Waals surface area contributed by atoms with Crippen molar-refractivity contribution in [3.63, 3.8) is 0 Å². The summed E-state index contributed by atoms with van der Waals surface area (Å²) >= 11 is 0. The molecule has 0 saturated heterocycles. The van der Waals surface area contributed by atoms with Crippen molar-refractivity contribution in [1.29, 1.82) is 0 Å². The molecular formula is C16H13F2N3O2. The predicted octanol–water partition coefficient (Wildman–Crippen LogP) is 3.42. The molecule has 0 unspecified atom stereocenters. The first-order valence-electron chi connectivity index (χ1n) is 6.78. The van der Waals surface area contributed by atoms with Crippen LogP contribution in [0.15, 0.2) is 40.8 Å². The van der Waals surface area contributed by atoms with E-state index in [4.69, 9.17) is 4.42 Å². The van der Waals surface area contributed by atoms with Gasteiger partial charge in [0.1, 0.15) is 5.52 Å². The first-order chi connectivity index (χ1) is 10.9. The van der Waals surface area contributed by atoms with Gasteiger partial charge < -0.3 is 14.6 Å². The summed E-state index contributed by atoms with van der Waals surface area (Å²) in [6, 6.07) is 8.39. The van der Waals surface area contributed by atoms with Gasteiger partial charge in [-0.05, 0) is 30.3 Å². The lowest BCUT2D eigenvalue weighted by Gasteiger charge is -2.05. The number of fused-ring (bicyclic) bond motifs is 1. The van der Waals surface area contributed by atoms with Crippen LogP contribution in [0.4, 0.5) is 20.5 Å². The molecule has 0 atom stereocenters. The molecule has 0 spiro atoms. The summed E-state index contributed by atoms with van der Waals surface area (Å²) in [7, 11) is 3.60. The zero-order chi connectivity index (χ0) is 16.6. The number of anilines is 2. The largest absolute Gasteiger partial charge is 0.423 e. The number of halogens is 2. The summed E-state index contributed by atoms with van der Waals surface area (Å²) in [5, 5.41) is 2.61. The van der Waals surface area contributed by atoms with Crippen LogP contribution in [0.25, 0.3) is 11.1 Å². The number of nitrogens with zero attached hydrogens (tertiary/aromatic N) is 2. The molecule has 1 heterocycles. The van der Waals surface area contributed by atoms with E-state index in [0.29, 0.717) is 22.8 Å². The lowest BCUT2D eigenvalue weighted by Crippen LogP contribution is -2.12. The lowest BCUT2D eigenvalue weighted by atomic mass is 10.2. The molecule has 7 heteroatoms. The minimum atomic E-state index is -1.07. The number of nitrogens with one attached hydrogen (secondary N) is 1. The average Bonchev–Trinajstić information content (AvgIpc) is 2.93. The van der Waals surface area contributed by atoms with Gasteiger partial charge in [0.2, 0.25) is 0 Å². The van der Waals surface area contributed by atoms with E-state index in [0.717, 1.165) is 12.1 Å². The van der Waals surface area contributed by atoms with Gasteiger partial charge in [0.15, 0.2) is 17.2 Å². The molecule has 0 fully saturated rings. The summed E-state index contributed by atoms with van der Waals surface area (Å²) in [6.45, 7) is 0. The van der Waals surface area contributed by atoms with Crippen LogP contribution < -0.4 is 10.2 Å². The van der Waals surface area contributed by atoms with Crippen LogP contribution in [0.3, 0.4) is 0 Å². The molecule has 5 nitrogen and oxygen atoms in total. The Hall–Kier alpha value is -2.96. The van der Waals surface area contributed by atoms with Crippen molar-refractivity contribution in [2.24, 2.45) is 0 Å². The van der Waals surface area contributed by atoms with Crippen molar-refractivity contribution in [2.45, 2.75) is 0 Å². The molecule has 3 rings (SSSR count). The smallest absolute Gasteiger partial charge is 0.297 e. The molecular weight excluding hydrogens is 304 g/mol. The van der Waals surface area contributed by atoms with Gasteiger partial charge in [-0.1, -0.05) is 0 Å². The fraction of sp³-hybridized carbons (Fsp3) is 0.125. The number of carbonyl (C=O) groups excluding carboxylic acids is 1. The molecule has 0 radical (unpaired) electrons. The molecule has 2 aromatic carbocycles. The Labute approximate surface area is 130 Å². The number of benzene rings is 2. The molecule has 1 N–H and O–H groups in total. The highest BCUT2D eigenvalue weighted by Crippen LogP contribution is 2.24. The van der Waals surface area contributed by atoms with Gasteiger partial charge in [-0.2, -0.15) is 4.98 Å². The van der Waals surface area contributed by atoms with Gasteiger partial charge in [-0.25, -0.2) is 8.78 Å². The second-order valence-corrected chi connectivity index (χ2v) is 5.16. The van der Waals surface area contributed by atoms with Gasteiger partial charge in [0, 0.05) is 31.4 Å². The quantitative estimate of drug-likeness (QED) is 0.804. The molecule has 1 amide bonds. The fourth-order valence-corrected chi connectivity index (χ4v) is 2.02. The molecule has 0 aliphatic rings. The molecule has 118 valence electrons. The highest BCUT2D eigenvalue weighted by molar-refractivity contribution is 6.04. The number of aromatic nitrogens is 1. The molecule has 23 heavy (non-hydrogen) atoms. The van der Waals surface area contributed by atoms with Crippen molar-refractivity contribution in [3.05, 3.63) is 53.6 Å². The zero-order valence-electron chi connectivity index (χ0n) is 12.4. The van der Waals surface area contributed by atoms with Crippen molar-refractivity contribution >= 4 is 28.7 Å². The van der Waals surface area contributed by atoms with Crippen LogP contribution in [0.1, 0.15) is 10.4 Å². The Morgan fingerprint density at radius 1 is 1.13 bits per heavy atom. The van der Waals surface area contributed by atoms with E-state index >= 15 is 0 Å². The third-order valence-electron chi connectivity index (χ3n) is 3.20. The van der Waals surface area contributed by atoms with E-state index in [2.05, 4.69) is 10.3 Å². The number of hydrogen-bond acceptors (Lipinski definition) is 4. The number of carbonyl (C=O) groups is 1. The number of oxazole rings is 1. The number of hydrogen-bond donors (Lipinski definition) is 1. The van der Waals surface area contributed by atoms with Crippen LogP contribution in [0.5, 0.6) is 0 Å². The third-order valence-corrected chi connectivity index (χ3v) is 3.20. The Morgan fingerprint density at radius 2 is 1.91 bits per heavy atom. The van der Waals surface area contributed by atoms with Crippen molar-refractivity contribution in [2.75, 3.05) is 24.3 Å². The summed E-state index contributed by atoms with van der Waals surface area (Å²) in [4.78, 5) is 18.1. The van der Waals surface area contributed by atoms with Crippen LogP contribution in [-0.4, -0.2) is 25.0 Å². The molecule has 0 saturated carbocycles. The summed E-state index contributed by atoms with van der Waals surface area (Å²) in [5.41, 5.74) is 1.65. The normalized spacial score (nSPS) is 10.8. The molecule has 1 aromatic heterocycles. The SMILES string of the molecule is CN(C)c1nc2ccc(NC(=O)c3ccc(F)c(F)c3)cc2o1. The van der Waals surface area contributed by atoms with Gasteiger partial charge in [-0.3, -0.25) is 4.79 Å². The molecule has 0 bridgehead atoms. The van der Waals surface area contributed by atoms with E-state index in [1.54, 1.807) is 37.2 Å².